The van der Waals surface area contributed by atoms with E-state index in [2.05, 4.69) is 10.5 Å². The van der Waals surface area contributed by atoms with Gasteiger partial charge in [0.05, 0.1) is 22.2 Å². The first-order chi connectivity index (χ1) is 9.75. The van der Waals surface area contributed by atoms with E-state index in [9.17, 15) is 10.1 Å². The van der Waals surface area contributed by atoms with Crippen molar-refractivity contribution in [2.24, 2.45) is 5.10 Å². The van der Waals surface area contributed by atoms with E-state index in [1.54, 1.807) is 12.1 Å². The second kappa shape index (κ2) is 5.13. The van der Waals surface area contributed by atoms with Crippen molar-refractivity contribution in [1.29, 1.82) is 0 Å². The molecular weight excluding hydrogens is 254 g/mol. The van der Waals surface area contributed by atoms with Gasteiger partial charge in [0, 0.05) is 12.5 Å². The Morgan fingerprint density at radius 2 is 1.80 bits per heavy atom. The highest BCUT2D eigenvalue weighted by atomic mass is 16.6. The lowest BCUT2D eigenvalue weighted by Gasteiger charge is -2.10. The van der Waals surface area contributed by atoms with Gasteiger partial charge in [-0.15, -0.1) is 0 Å². The molecule has 5 heteroatoms. The average Bonchev–Trinajstić information content (AvgIpc) is 2.98. The minimum Gasteiger partial charge on any atom is -0.302 e. The third-order valence-corrected chi connectivity index (χ3v) is 3.37. The molecule has 0 saturated heterocycles. The molecule has 1 aliphatic heterocycles. The van der Waals surface area contributed by atoms with Crippen LogP contribution >= 0.6 is 0 Å². The number of nitrogens with zero attached hydrogens (tertiary/aromatic N) is 2. The molecule has 1 N–H and O–H groups in total. The predicted molar refractivity (Wildman–Crippen MR) is 76.6 cm³/mol. The maximum absolute atomic E-state index is 11.1. The number of nitro groups is 1. The van der Waals surface area contributed by atoms with Crippen LogP contribution in [0.4, 0.5) is 5.69 Å². The van der Waals surface area contributed by atoms with Crippen LogP contribution < -0.4 is 5.43 Å². The zero-order valence-corrected chi connectivity index (χ0v) is 10.7. The third-order valence-electron chi connectivity index (χ3n) is 3.37. The van der Waals surface area contributed by atoms with Crippen molar-refractivity contribution in [1.82, 2.24) is 5.43 Å². The van der Waals surface area contributed by atoms with Crippen LogP contribution in [0.15, 0.2) is 59.7 Å². The van der Waals surface area contributed by atoms with Gasteiger partial charge in [-0.3, -0.25) is 10.1 Å². The van der Waals surface area contributed by atoms with Gasteiger partial charge in [0.25, 0.3) is 5.69 Å². The van der Waals surface area contributed by atoms with E-state index in [1.165, 1.54) is 6.07 Å². The van der Waals surface area contributed by atoms with Gasteiger partial charge in [-0.1, -0.05) is 48.5 Å². The van der Waals surface area contributed by atoms with Crippen molar-refractivity contribution in [3.63, 3.8) is 0 Å². The molecule has 1 aliphatic rings. The second-order valence-corrected chi connectivity index (χ2v) is 4.63. The molecule has 0 radical (unpaired) electrons. The highest BCUT2D eigenvalue weighted by Crippen LogP contribution is 2.30. The molecule has 0 fully saturated rings. The Kier molecular flexibility index (Phi) is 3.16. The zero-order chi connectivity index (χ0) is 13.9. The smallest absolute Gasteiger partial charge is 0.274 e. The van der Waals surface area contributed by atoms with Crippen LogP contribution in [0, 0.1) is 10.1 Å². The topological polar surface area (TPSA) is 67.5 Å². The summed E-state index contributed by atoms with van der Waals surface area (Å²) < 4.78 is 0. The molecule has 0 amide bonds. The Bertz CT molecular complexity index is 668. The molecule has 0 bridgehead atoms. The Hall–Kier alpha value is -2.69. The fourth-order valence-corrected chi connectivity index (χ4v) is 2.38. The summed E-state index contributed by atoms with van der Waals surface area (Å²) in [5.41, 5.74) is 5.77. The van der Waals surface area contributed by atoms with Crippen molar-refractivity contribution in [2.75, 3.05) is 0 Å². The Morgan fingerprint density at radius 1 is 1.10 bits per heavy atom. The van der Waals surface area contributed by atoms with Gasteiger partial charge >= 0.3 is 0 Å². The lowest BCUT2D eigenvalue weighted by Crippen LogP contribution is -2.12. The van der Waals surface area contributed by atoms with Crippen molar-refractivity contribution >= 4 is 11.4 Å². The summed E-state index contributed by atoms with van der Waals surface area (Å²) in [7, 11) is 0. The Morgan fingerprint density at radius 3 is 2.55 bits per heavy atom. The molecule has 20 heavy (non-hydrogen) atoms. The van der Waals surface area contributed by atoms with Crippen LogP contribution in [0.3, 0.4) is 0 Å². The maximum Gasteiger partial charge on any atom is 0.274 e. The van der Waals surface area contributed by atoms with Crippen molar-refractivity contribution < 1.29 is 4.92 Å². The number of rotatable bonds is 3. The minimum absolute atomic E-state index is 0.134. The molecule has 0 saturated carbocycles. The average molecular weight is 267 g/mol. The largest absolute Gasteiger partial charge is 0.302 e. The van der Waals surface area contributed by atoms with Crippen molar-refractivity contribution in [3.05, 3.63) is 75.8 Å². The molecular formula is C15H13N3O2. The summed E-state index contributed by atoms with van der Waals surface area (Å²) in [4.78, 5) is 10.7. The molecule has 2 aromatic rings. The van der Waals surface area contributed by atoms with E-state index in [0.29, 0.717) is 12.0 Å². The lowest BCUT2D eigenvalue weighted by atomic mass is 9.98. The van der Waals surface area contributed by atoms with Crippen molar-refractivity contribution in [3.8, 4) is 0 Å². The normalized spacial score (nSPS) is 17.4. The SMILES string of the molecule is O=[N+]([O-])c1ccccc1[C@@H]1CC(c2ccccc2)=NN1. The number of hydrazone groups is 1. The molecule has 0 spiro atoms. The van der Waals surface area contributed by atoms with Crippen LogP contribution in [-0.2, 0) is 0 Å². The van der Waals surface area contributed by atoms with E-state index in [0.717, 1.165) is 11.3 Å². The predicted octanol–water partition coefficient (Wildman–Crippen LogP) is 3.03. The number of nitrogens with one attached hydrogen (secondary N) is 1. The van der Waals surface area contributed by atoms with Crippen LogP contribution in [0.25, 0.3) is 0 Å². The number of hydrogen-bond acceptors (Lipinski definition) is 4. The summed E-state index contributed by atoms with van der Waals surface area (Å²) in [6.45, 7) is 0. The van der Waals surface area contributed by atoms with Crippen molar-refractivity contribution in [2.45, 2.75) is 12.5 Å². The first-order valence-electron chi connectivity index (χ1n) is 6.36. The third kappa shape index (κ3) is 2.25. The number of para-hydroxylation sites is 1. The number of hydrogen-bond donors (Lipinski definition) is 1. The molecule has 5 nitrogen and oxygen atoms in total. The monoisotopic (exact) mass is 267 g/mol. The highest BCUT2D eigenvalue weighted by Gasteiger charge is 2.26. The van der Waals surface area contributed by atoms with Gasteiger partial charge < -0.3 is 5.43 Å². The molecule has 1 heterocycles. The Labute approximate surface area is 116 Å². The van der Waals surface area contributed by atoms with Gasteiger partial charge in [-0.25, -0.2) is 0 Å². The molecule has 3 rings (SSSR count). The van der Waals surface area contributed by atoms with E-state index >= 15 is 0 Å². The van der Waals surface area contributed by atoms with E-state index in [1.807, 2.05) is 36.4 Å². The fraction of sp³-hybridized carbons (Fsp3) is 0.133. The summed E-state index contributed by atoms with van der Waals surface area (Å²) in [6.07, 6.45) is 0.648. The standard InChI is InChI=1S/C15H13N3O2/c19-18(20)15-9-5-4-8-12(15)14-10-13(16-17-14)11-6-2-1-3-7-11/h1-9,14,17H,10H2/t14-/m0/s1. The highest BCUT2D eigenvalue weighted by molar-refractivity contribution is 6.01. The molecule has 100 valence electrons. The Balaban J connectivity index is 1.85. The summed E-state index contributed by atoms with van der Waals surface area (Å²) in [5, 5.41) is 15.4. The molecule has 2 aromatic carbocycles. The molecule has 1 atom stereocenters. The van der Waals surface area contributed by atoms with Gasteiger partial charge in [0.2, 0.25) is 0 Å². The molecule has 0 aromatic heterocycles. The quantitative estimate of drug-likeness (QED) is 0.686. The number of benzene rings is 2. The summed E-state index contributed by atoms with van der Waals surface area (Å²) in [6, 6.07) is 16.5. The van der Waals surface area contributed by atoms with Gasteiger partial charge in [0.1, 0.15) is 0 Å². The van der Waals surface area contributed by atoms with Crippen LogP contribution in [0.5, 0.6) is 0 Å². The van der Waals surface area contributed by atoms with E-state index in [4.69, 9.17) is 0 Å². The van der Waals surface area contributed by atoms with Gasteiger partial charge in [0.15, 0.2) is 0 Å². The lowest BCUT2D eigenvalue weighted by molar-refractivity contribution is -0.385. The van der Waals surface area contributed by atoms with E-state index in [-0.39, 0.29) is 16.7 Å². The molecule has 0 unspecified atom stereocenters. The van der Waals surface area contributed by atoms with Crippen LogP contribution in [0.2, 0.25) is 0 Å². The molecule has 0 aliphatic carbocycles. The summed E-state index contributed by atoms with van der Waals surface area (Å²) in [5.74, 6) is 0. The van der Waals surface area contributed by atoms with Gasteiger partial charge in [-0.05, 0) is 5.56 Å². The van der Waals surface area contributed by atoms with Gasteiger partial charge in [-0.2, -0.15) is 5.10 Å². The zero-order valence-electron chi connectivity index (χ0n) is 10.7. The second-order valence-electron chi connectivity index (χ2n) is 4.63. The first-order valence-corrected chi connectivity index (χ1v) is 6.36. The van der Waals surface area contributed by atoms with Crippen LogP contribution in [-0.4, -0.2) is 10.6 Å². The maximum atomic E-state index is 11.1. The fourth-order valence-electron chi connectivity index (χ4n) is 2.38. The van der Waals surface area contributed by atoms with E-state index < -0.39 is 0 Å². The first kappa shape index (κ1) is 12.3. The summed E-state index contributed by atoms with van der Waals surface area (Å²) >= 11 is 0. The minimum atomic E-state index is -0.350. The number of nitro benzene ring substituents is 1. The van der Waals surface area contributed by atoms with Crippen LogP contribution in [0.1, 0.15) is 23.6 Å².